The zero-order valence-electron chi connectivity index (χ0n) is 9.57. The first kappa shape index (κ1) is 12.0. The number of carbonyl (C=O) groups excluding carboxylic acids is 1. The molecule has 0 radical (unpaired) electrons. The van der Waals surface area contributed by atoms with E-state index in [0.717, 1.165) is 29.9 Å². The number of anilines is 1. The Balaban J connectivity index is 1.80. The molecule has 2 saturated heterocycles. The molecule has 1 unspecified atom stereocenters. The first-order valence-corrected chi connectivity index (χ1v) is 6.93. The Morgan fingerprint density at radius 3 is 3.11 bits per heavy atom. The summed E-state index contributed by atoms with van der Waals surface area (Å²) in [5.41, 5.74) is 0. The molecule has 2 amide bonds. The van der Waals surface area contributed by atoms with Crippen molar-refractivity contribution in [3.63, 3.8) is 0 Å². The van der Waals surface area contributed by atoms with Crippen molar-refractivity contribution in [2.24, 2.45) is 0 Å². The van der Waals surface area contributed by atoms with Crippen LogP contribution in [0.15, 0.2) is 16.7 Å². The molecule has 5 nitrogen and oxygen atoms in total. The Morgan fingerprint density at radius 2 is 2.33 bits per heavy atom. The summed E-state index contributed by atoms with van der Waals surface area (Å²) in [4.78, 5) is 19.9. The van der Waals surface area contributed by atoms with Gasteiger partial charge in [-0.25, -0.2) is 9.78 Å². The van der Waals surface area contributed by atoms with Crippen molar-refractivity contribution in [1.29, 1.82) is 0 Å². The summed E-state index contributed by atoms with van der Waals surface area (Å²) in [7, 11) is 0. The Bertz CT molecular complexity index is 498. The van der Waals surface area contributed by atoms with Crippen LogP contribution in [0.4, 0.5) is 10.6 Å². The van der Waals surface area contributed by atoms with E-state index in [9.17, 15) is 4.79 Å². The van der Waals surface area contributed by atoms with Crippen LogP contribution in [0.1, 0.15) is 0 Å². The lowest BCUT2D eigenvalue weighted by atomic mass is 10.2. The second kappa shape index (κ2) is 4.59. The summed E-state index contributed by atoms with van der Waals surface area (Å²) < 4.78 is 0.890. The number of fused-ring (bicyclic) bond motifs is 1. The fraction of sp³-hybridized carbons (Fsp3) is 0.455. The fourth-order valence-corrected chi connectivity index (χ4v) is 3.33. The zero-order chi connectivity index (χ0) is 12.7. The molecule has 18 heavy (non-hydrogen) atoms. The summed E-state index contributed by atoms with van der Waals surface area (Å²) in [5, 5.41) is 3.48. The van der Waals surface area contributed by atoms with E-state index < -0.39 is 0 Å². The molecule has 0 bridgehead atoms. The number of nitrogens with zero attached hydrogens (tertiary/aromatic N) is 3. The van der Waals surface area contributed by atoms with E-state index in [2.05, 4.69) is 31.1 Å². The van der Waals surface area contributed by atoms with Gasteiger partial charge in [0.1, 0.15) is 5.82 Å². The number of amides is 2. The largest absolute Gasteiger partial charge is 0.352 e. The van der Waals surface area contributed by atoms with E-state index in [4.69, 9.17) is 11.6 Å². The molecule has 0 spiro atoms. The van der Waals surface area contributed by atoms with Crippen LogP contribution in [0.2, 0.25) is 5.02 Å². The lowest BCUT2D eigenvalue weighted by molar-refractivity contribution is 0.197. The van der Waals surface area contributed by atoms with Gasteiger partial charge in [0.2, 0.25) is 0 Å². The topological polar surface area (TPSA) is 48.5 Å². The molecule has 3 heterocycles. The number of halogens is 2. The number of rotatable bonds is 1. The summed E-state index contributed by atoms with van der Waals surface area (Å²) >= 11 is 9.37. The normalized spacial score (nSPS) is 23.0. The lowest BCUT2D eigenvalue weighted by Gasteiger charge is -2.37. The lowest BCUT2D eigenvalue weighted by Crippen LogP contribution is -2.52. The number of nitrogens with one attached hydrogen (secondary N) is 1. The summed E-state index contributed by atoms with van der Waals surface area (Å²) in [6.07, 6.45) is 1.64. The fourth-order valence-electron chi connectivity index (χ4n) is 2.44. The number of urea groups is 1. The third kappa shape index (κ3) is 2.03. The molecule has 2 aliphatic rings. The highest BCUT2D eigenvalue weighted by Gasteiger charge is 2.36. The Morgan fingerprint density at radius 1 is 1.50 bits per heavy atom. The molecule has 3 rings (SSSR count). The third-order valence-corrected chi connectivity index (χ3v) is 4.11. The third-order valence-electron chi connectivity index (χ3n) is 3.32. The highest BCUT2D eigenvalue weighted by molar-refractivity contribution is 9.10. The van der Waals surface area contributed by atoms with Crippen molar-refractivity contribution in [1.82, 2.24) is 15.2 Å². The van der Waals surface area contributed by atoms with E-state index >= 15 is 0 Å². The van der Waals surface area contributed by atoms with Gasteiger partial charge in [-0.15, -0.1) is 0 Å². The number of aromatic nitrogens is 1. The first-order valence-electron chi connectivity index (χ1n) is 5.75. The van der Waals surface area contributed by atoms with Gasteiger partial charge in [-0.3, -0.25) is 0 Å². The maximum absolute atomic E-state index is 11.5. The molecular formula is C11H12BrClN4O. The predicted octanol–water partition coefficient (Wildman–Crippen LogP) is 1.71. The Hall–Kier alpha value is -1.01. The van der Waals surface area contributed by atoms with Crippen LogP contribution < -0.4 is 10.2 Å². The standard InChI is InChI=1S/C11H12BrClN4O/c12-9-3-7(13)4-14-10(9)16-1-2-17-8(6-16)5-15-11(17)18/h3-4,8H,1-2,5-6H2,(H,15,18). The number of hydrogen-bond donors (Lipinski definition) is 1. The molecule has 1 aromatic heterocycles. The van der Waals surface area contributed by atoms with E-state index in [1.54, 1.807) is 6.20 Å². The smallest absolute Gasteiger partial charge is 0.317 e. The molecule has 0 aliphatic carbocycles. The van der Waals surface area contributed by atoms with Gasteiger partial charge in [-0.2, -0.15) is 0 Å². The van der Waals surface area contributed by atoms with Crippen molar-refractivity contribution in [3.8, 4) is 0 Å². The Kier molecular flexibility index (Phi) is 3.07. The molecule has 1 N–H and O–H groups in total. The van der Waals surface area contributed by atoms with Crippen LogP contribution in [-0.2, 0) is 0 Å². The monoisotopic (exact) mass is 330 g/mol. The van der Waals surface area contributed by atoms with E-state index in [1.165, 1.54) is 0 Å². The number of carbonyl (C=O) groups is 1. The van der Waals surface area contributed by atoms with Gasteiger partial charge in [0.25, 0.3) is 0 Å². The van der Waals surface area contributed by atoms with Gasteiger partial charge >= 0.3 is 6.03 Å². The van der Waals surface area contributed by atoms with Crippen molar-refractivity contribution in [3.05, 3.63) is 21.8 Å². The minimum absolute atomic E-state index is 0.0442. The Labute approximate surface area is 118 Å². The molecule has 7 heteroatoms. The molecule has 1 atom stereocenters. The minimum atomic E-state index is 0.0442. The maximum atomic E-state index is 11.5. The second-order valence-corrected chi connectivity index (χ2v) is 5.73. The minimum Gasteiger partial charge on any atom is -0.352 e. The number of piperazine rings is 1. The van der Waals surface area contributed by atoms with Gasteiger partial charge < -0.3 is 15.1 Å². The van der Waals surface area contributed by atoms with Crippen molar-refractivity contribution in [2.75, 3.05) is 31.1 Å². The summed E-state index contributed by atoms with van der Waals surface area (Å²) in [5.74, 6) is 0.887. The van der Waals surface area contributed by atoms with Gasteiger partial charge in [0.05, 0.1) is 15.5 Å². The molecule has 0 saturated carbocycles. The van der Waals surface area contributed by atoms with E-state index in [1.807, 2.05) is 11.0 Å². The number of pyridine rings is 1. The predicted molar refractivity (Wildman–Crippen MR) is 73.1 cm³/mol. The molecular weight excluding hydrogens is 320 g/mol. The molecule has 2 aliphatic heterocycles. The maximum Gasteiger partial charge on any atom is 0.317 e. The van der Waals surface area contributed by atoms with Gasteiger partial charge in [0.15, 0.2) is 0 Å². The second-order valence-electron chi connectivity index (χ2n) is 4.44. The van der Waals surface area contributed by atoms with Gasteiger partial charge in [0, 0.05) is 32.4 Å². The average Bonchev–Trinajstić information content (AvgIpc) is 2.71. The first-order chi connectivity index (χ1) is 8.65. The van der Waals surface area contributed by atoms with E-state index in [-0.39, 0.29) is 12.1 Å². The molecule has 0 aromatic carbocycles. The van der Waals surface area contributed by atoms with E-state index in [0.29, 0.717) is 11.6 Å². The highest BCUT2D eigenvalue weighted by atomic mass is 79.9. The summed E-state index contributed by atoms with van der Waals surface area (Å²) in [6, 6.07) is 2.12. The molecule has 96 valence electrons. The van der Waals surface area contributed by atoms with Crippen LogP contribution in [0.5, 0.6) is 0 Å². The van der Waals surface area contributed by atoms with Gasteiger partial charge in [-0.05, 0) is 22.0 Å². The van der Waals surface area contributed by atoms with Crippen LogP contribution in [-0.4, -0.2) is 48.1 Å². The number of hydrogen-bond acceptors (Lipinski definition) is 3. The van der Waals surface area contributed by atoms with Crippen LogP contribution in [0.3, 0.4) is 0 Å². The zero-order valence-corrected chi connectivity index (χ0v) is 11.9. The van der Waals surface area contributed by atoms with Crippen LogP contribution in [0.25, 0.3) is 0 Å². The van der Waals surface area contributed by atoms with Crippen LogP contribution >= 0.6 is 27.5 Å². The van der Waals surface area contributed by atoms with Gasteiger partial charge in [-0.1, -0.05) is 11.6 Å². The molecule has 2 fully saturated rings. The quantitative estimate of drug-likeness (QED) is 0.852. The van der Waals surface area contributed by atoms with Crippen molar-refractivity contribution < 1.29 is 4.79 Å². The van der Waals surface area contributed by atoms with Crippen LogP contribution in [0, 0.1) is 0 Å². The molecule has 1 aromatic rings. The van der Waals surface area contributed by atoms with Crippen molar-refractivity contribution >= 4 is 39.4 Å². The van der Waals surface area contributed by atoms with Crippen molar-refractivity contribution in [2.45, 2.75) is 6.04 Å². The summed E-state index contributed by atoms with van der Waals surface area (Å²) in [6.45, 7) is 3.02. The highest BCUT2D eigenvalue weighted by Crippen LogP contribution is 2.28. The SMILES string of the molecule is O=C1NCC2CN(c3ncc(Cl)cc3Br)CCN12. The average molecular weight is 332 g/mol.